The second-order valence-electron chi connectivity index (χ2n) is 5.50. The average molecular weight is 297 g/mol. The molecule has 3 nitrogen and oxygen atoms in total. The molecule has 21 heavy (non-hydrogen) atoms. The summed E-state index contributed by atoms with van der Waals surface area (Å²) in [7, 11) is 2.02. The van der Waals surface area contributed by atoms with E-state index >= 15 is 0 Å². The minimum atomic E-state index is -4.35. The van der Waals surface area contributed by atoms with Crippen LogP contribution in [0.3, 0.4) is 0 Å². The van der Waals surface area contributed by atoms with Crippen molar-refractivity contribution in [3.8, 4) is 6.07 Å². The minimum Gasteiger partial charge on any atom is -0.304 e. The number of piperazine rings is 1. The van der Waals surface area contributed by atoms with Gasteiger partial charge in [-0.15, -0.1) is 0 Å². The Balaban J connectivity index is 2.20. The molecule has 1 aliphatic rings. The Bertz CT molecular complexity index is 518. The maximum Gasteiger partial charge on any atom is 0.416 e. The van der Waals surface area contributed by atoms with Crippen LogP contribution in [0.1, 0.15) is 24.1 Å². The van der Waals surface area contributed by atoms with E-state index in [1.165, 1.54) is 12.1 Å². The zero-order valence-corrected chi connectivity index (χ0v) is 12.1. The number of hydrogen-bond donors (Lipinski definition) is 0. The average Bonchev–Trinajstić information content (AvgIpc) is 2.41. The summed E-state index contributed by atoms with van der Waals surface area (Å²) in [6.07, 6.45) is -4.35. The molecule has 1 fully saturated rings. The van der Waals surface area contributed by atoms with E-state index in [0.29, 0.717) is 5.56 Å². The normalized spacial score (nSPS) is 22.8. The monoisotopic (exact) mass is 297 g/mol. The quantitative estimate of drug-likeness (QED) is 0.841. The van der Waals surface area contributed by atoms with E-state index in [2.05, 4.69) is 11.0 Å². The SMILES string of the molecule is CC1CN(C)CCN1C(C#N)c1ccc(C(F)(F)F)cc1. The number of alkyl halides is 3. The highest BCUT2D eigenvalue weighted by atomic mass is 19.4. The predicted octanol–water partition coefficient (Wildman–Crippen LogP) is 2.91. The number of benzene rings is 1. The summed E-state index contributed by atoms with van der Waals surface area (Å²) in [5.74, 6) is 0. The Labute approximate surface area is 122 Å². The van der Waals surface area contributed by atoms with Crippen molar-refractivity contribution in [2.24, 2.45) is 0 Å². The van der Waals surface area contributed by atoms with Gasteiger partial charge in [0.15, 0.2) is 0 Å². The van der Waals surface area contributed by atoms with Crippen LogP contribution in [0.15, 0.2) is 24.3 Å². The topological polar surface area (TPSA) is 30.3 Å². The number of nitriles is 1. The fraction of sp³-hybridized carbons (Fsp3) is 0.533. The zero-order valence-electron chi connectivity index (χ0n) is 12.1. The molecular formula is C15H18F3N3. The lowest BCUT2D eigenvalue weighted by atomic mass is 10.0. The molecule has 2 unspecified atom stereocenters. The summed E-state index contributed by atoms with van der Waals surface area (Å²) >= 11 is 0. The van der Waals surface area contributed by atoms with E-state index in [0.717, 1.165) is 31.8 Å². The molecule has 6 heteroatoms. The first-order chi connectivity index (χ1) is 9.82. The van der Waals surface area contributed by atoms with Gasteiger partial charge in [-0.05, 0) is 31.7 Å². The molecule has 114 valence electrons. The molecule has 2 atom stereocenters. The van der Waals surface area contributed by atoms with Crippen molar-refractivity contribution in [1.82, 2.24) is 9.80 Å². The molecule has 0 N–H and O–H groups in total. The molecule has 0 radical (unpaired) electrons. The van der Waals surface area contributed by atoms with E-state index in [1.54, 1.807) is 0 Å². The van der Waals surface area contributed by atoms with Crippen molar-refractivity contribution in [3.63, 3.8) is 0 Å². The van der Waals surface area contributed by atoms with E-state index in [9.17, 15) is 18.4 Å². The van der Waals surface area contributed by atoms with Gasteiger partial charge in [-0.1, -0.05) is 12.1 Å². The van der Waals surface area contributed by atoms with Crippen LogP contribution < -0.4 is 0 Å². The third kappa shape index (κ3) is 3.55. The van der Waals surface area contributed by atoms with Crippen molar-refractivity contribution in [2.45, 2.75) is 25.2 Å². The Hall–Kier alpha value is -1.58. The summed E-state index contributed by atoms with van der Waals surface area (Å²) < 4.78 is 37.7. The van der Waals surface area contributed by atoms with Crippen molar-refractivity contribution < 1.29 is 13.2 Å². The predicted molar refractivity (Wildman–Crippen MR) is 73.5 cm³/mol. The van der Waals surface area contributed by atoms with Crippen LogP contribution in [0, 0.1) is 11.3 Å². The number of nitrogens with zero attached hydrogens (tertiary/aromatic N) is 3. The summed E-state index contributed by atoms with van der Waals surface area (Å²) in [6.45, 7) is 4.46. The van der Waals surface area contributed by atoms with Gasteiger partial charge in [-0.2, -0.15) is 18.4 Å². The Morgan fingerprint density at radius 1 is 1.24 bits per heavy atom. The van der Waals surface area contributed by atoms with E-state index in [4.69, 9.17) is 0 Å². The Morgan fingerprint density at radius 3 is 2.33 bits per heavy atom. The van der Waals surface area contributed by atoms with Gasteiger partial charge < -0.3 is 4.90 Å². The summed E-state index contributed by atoms with van der Waals surface area (Å²) in [4.78, 5) is 4.23. The smallest absolute Gasteiger partial charge is 0.304 e. The molecule has 1 aromatic carbocycles. The minimum absolute atomic E-state index is 0.190. The molecule has 1 heterocycles. The molecule has 0 amide bonds. The second-order valence-corrected chi connectivity index (χ2v) is 5.50. The van der Waals surface area contributed by atoms with Crippen LogP contribution in [0.2, 0.25) is 0 Å². The number of rotatable bonds is 2. The first-order valence-corrected chi connectivity index (χ1v) is 6.84. The van der Waals surface area contributed by atoms with Gasteiger partial charge in [-0.25, -0.2) is 0 Å². The molecule has 0 bridgehead atoms. The van der Waals surface area contributed by atoms with Crippen LogP contribution in [0.4, 0.5) is 13.2 Å². The third-order valence-electron chi connectivity index (χ3n) is 3.89. The van der Waals surface area contributed by atoms with Gasteiger partial charge in [0.2, 0.25) is 0 Å². The summed E-state index contributed by atoms with van der Waals surface area (Å²) in [5.41, 5.74) is -0.0729. The zero-order chi connectivity index (χ0) is 15.6. The lowest BCUT2D eigenvalue weighted by molar-refractivity contribution is -0.137. The molecule has 1 saturated heterocycles. The van der Waals surface area contributed by atoms with E-state index in [1.807, 2.05) is 18.9 Å². The highest BCUT2D eigenvalue weighted by molar-refractivity contribution is 5.30. The van der Waals surface area contributed by atoms with Gasteiger partial charge >= 0.3 is 6.18 Å². The lowest BCUT2D eigenvalue weighted by Crippen LogP contribution is -2.51. The van der Waals surface area contributed by atoms with Crippen LogP contribution in [0.5, 0.6) is 0 Å². The van der Waals surface area contributed by atoms with Gasteiger partial charge in [0, 0.05) is 25.7 Å². The fourth-order valence-corrected chi connectivity index (χ4v) is 2.73. The van der Waals surface area contributed by atoms with E-state index < -0.39 is 17.8 Å². The van der Waals surface area contributed by atoms with Gasteiger partial charge in [-0.3, -0.25) is 4.90 Å². The summed E-state index contributed by atoms with van der Waals surface area (Å²) in [5, 5.41) is 9.42. The molecular weight excluding hydrogens is 279 g/mol. The molecule has 0 aliphatic carbocycles. The standard InChI is InChI=1S/C15H18F3N3/c1-11-10-20(2)7-8-21(11)14(9-19)12-3-5-13(6-4-12)15(16,17)18/h3-6,11,14H,7-8,10H2,1-2H3. The second kappa shape index (κ2) is 6.04. The first kappa shape index (κ1) is 15.8. The van der Waals surface area contributed by atoms with Crippen LogP contribution in [-0.2, 0) is 6.18 Å². The van der Waals surface area contributed by atoms with Crippen molar-refractivity contribution in [2.75, 3.05) is 26.7 Å². The van der Waals surface area contributed by atoms with Crippen LogP contribution in [-0.4, -0.2) is 42.5 Å². The van der Waals surface area contributed by atoms with E-state index in [-0.39, 0.29) is 6.04 Å². The van der Waals surface area contributed by atoms with Gasteiger partial charge in [0.25, 0.3) is 0 Å². The molecule has 0 saturated carbocycles. The Morgan fingerprint density at radius 2 is 1.86 bits per heavy atom. The van der Waals surface area contributed by atoms with Gasteiger partial charge in [0.05, 0.1) is 11.6 Å². The molecule has 0 aromatic heterocycles. The Kier molecular flexibility index (Phi) is 4.55. The summed E-state index contributed by atoms with van der Waals surface area (Å²) in [6, 6.07) is 6.80. The largest absolute Gasteiger partial charge is 0.416 e. The molecule has 2 rings (SSSR count). The highest BCUT2D eigenvalue weighted by Crippen LogP contribution is 2.31. The molecule has 1 aromatic rings. The number of halogens is 3. The van der Waals surface area contributed by atoms with Crippen LogP contribution >= 0.6 is 0 Å². The maximum atomic E-state index is 12.6. The van der Waals surface area contributed by atoms with Crippen LogP contribution in [0.25, 0.3) is 0 Å². The molecule has 0 spiro atoms. The lowest BCUT2D eigenvalue weighted by Gasteiger charge is -2.40. The van der Waals surface area contributed by atoms with Crippen molar-refractivity contribution in [3.05, 3.63) is 35.4 Å². The maximum absolute atomic E-state index is 12.6. The van der Waals surface area contributed by atoms with Crippen molar-refractivity contribution >= 4 is 0 Å². The molecule has 1 aliphatic heterocycles. The highest BCUT2D eigenvalue weighted by Gasteiger charge is 2.32. The number of hydrogen-bond acceptors (Lipinski definition) is 3. The third-order valence-corrected chi connectivity index (χ3v) is 3.89. The van der Waals surface area contributed by atoms with Crippen molar-refractivity contribution in [1.29, 1.82) is 5.26 Å². The fourth-order valence-electron chi connectivity index (χ4n) is 2.73. The van der Waals surface area contributed by atoms with Gasteiger partial charge in [0.1, 0.15) is 6.04 Å². The first-order valence-electron chi connectivity index (χ1n) is 6.84. The number of likely N-dealkylation sites (N-methyl/N-ethyl adjacent to an activating group) is 1.